The first-order chi connectivity index (χ1) is 17.7. The number of carboxylic acids is 1. The number of amides is 1. The summed E-state index contributed by atoms with van der Waals surface area (Å²) in [6, 6.07) is 26.2. The molecule has 0 spiro atoms. The molecule has 0 aliphatic rings. The van der Waals surface area contributed by atoms with Crippen LogP contribution in [0.15, 0.2) is 103 Å². The van der Waals surface area contributed by atoms with Gasteiger partial charge < -0.3 is 15.2 Å². The van der Waals surface area contributed by atoms with Crippen LogP contribution in [0.5, 0.6) is 11.5 Å². The maximum absolute atomic E-state index is 12.7. The molecule has 5 nitrogen and oxygen atoms in total. The number of carbonyl (C=O) groups excluding carboxylic acids is 1. The molecule has 4 aromatic carbocycles. The van der Waals surface area contributed by atoms with Crippen LogP contribution in [0.3, 0.4) is 0 Å². The highest BCUT2D eigenvalue weighted by molar-refractivity contribution is 5.96. The van der Waals surface area contributed by atoms with E-state index in [4.69, 9.17) is 4.74 Å². The van der Waals surface area contributed by atoms with E-state index in [0.717, 1.165) is 28.8 Å². The Hall–Kier alpha value is -4.59. The third kappa shape index (κ3) is 6.76. The van der Waals surface area contributed by atoms with Gasteiger partial charge in [0.2, 0.25) is 0 Å². The number of hydrogen-bond donors (Lipinski definition) is 2. The van der Waals surface area contributed by atoms with Crippen molar-refractivity contribution in [2.45, 2.75) is 18.6 Å². The standard InChI is InChI=1S/C29H22F3NO4/c30-29(31,32)23-12-16-25(17-13-23)37-24-14-10-22(11-15-24)27(34)33-26(28(35)36)18-19-6-8-21(9-7-19)20-4-2-1-3-5-20/h1-17,26H,18H2,(H,33,34)(H,35,36)/t26-/m0/s1. The highest BCUT2D eigenvalue weighted by Gasteiger charge is 2.30. The van der Waals surface area contributed by atoms with Gasteiger partial charge in [-0.15, -0.1) is 0 Å². The molecule has 2 N–H and O–H groups in total. The number of hydrogen-bond acceptors (Lipinski definition) is 3. The van der Waals surface area contributed by atoms with E-state index in [2.05, 4.69) is 5.32 Å². The summed E-state index contributed by atoms with van der Waals surface area (Å²) in [4.78, 5) is 24.5. The molecule has 0 heterocycles. The molecule has 4 rings (SSSR count). The zero-order chi connectivity index (χ0) is 26.4. The fraction of sp³-hybridized carbons (Fsp3) is 0.103. The second-order valence-corrected chi connectivity index (χ2v) is 8.28. The lowest BCUT2D eigenvalue weighted by molar-refractivity contribution is -0.139. The third-order valence-electron chi connectivity index (χ3n) is 5.64. The van der Waals surface area contributed by atoms with E-state index >= 15 is 0 Å². The second kappa shape index (κ2) is 11.0. The van der Waals surface area contributed by atoms with Crippen molar-refractivity contribution in [3.63, 3.8) is 0 Å². The Morgan fingerprint density at radius 1 is 0.757 bits per heavy atom. The van der Waals surface area contributed by atoms with Crippen molar-refractivity contribution < 1.29 is 32.6 Å². The number of rotatable bonds is 8. The lowest BCUT2D eigenvalue weighted by Crippen LogP contribution is -2.42. The molecule has 0 bridgehead atoms. The molecular weight excluding hydrogens is 483 g/mol. The molecule has 1 atom stereocenters. The van der Waals surface area contributed by atoms with Crippen molar-refractivity contribution in [2.24, 2.45) is 0 Å². The number of benzene rings is 4. The monoisotopic (exact) mass is 505 g/mol. The fourth-order valence-electron chi connectivity index (χ4n) is 3.66. The fourth-order valence-corrected chi connectivity index (χ4v) is 3.66. The predicted octanol–water partition coefficient (Wildman–Crippen LogP) is 6.59. The first kappa shape index (κ1) is 25.5. The van der Waals surface area contributed by atoms with Crippen LogP contribution >= 0.6 is 0 Å². The van der Waals surface area contributed by atoms with Gasteiger partial charge in [-0.05, 0) is 65.2 Å². The van der Waals surface area contributed by atoms with E-state index in [1.54, 1.807) is 0 Å². The van der Waals surface area contributed by atoms with Crippen LogP contribution in [0, 0.1) is 0 Å². The van der Waals surface area contributed by atoms with Gasteiger partial charge in [-0.2, -0.15) is 13.2 Å². The molecule has 0 aliphatic carbocycles. The Labute approximate surface area is 211 Å². The number of nitrogens with one attached hydrogen (secondary N) is 1. The van der Waals surface area contributed by atoms with Crippen molar-refractivity contribution in [1.29, 1.82) is 0 Å². The lowest BCUT2D eigenvalue weighted by Gasteiger charge is -2.15. The third-order valence-corrected chi connectivity index (χ3v) is 5.64. The molecule has 0 saturated heterocycles. The van der Waals surface area contributed by atoms with E-state index in [-0.39, 0.29) is 17.7 Å². The number of ether oxygens (including phenoxy) is 1. The highest BCUT2D eigenvalue weighted by Crippen LogP contribution is 2.31. The van der Waals surface area contributed by atoms with Crippen molar-refractivity contribution >= 4 is 11.9 Å². The van der Waals surface area contributed by atoms with Gasteiger partial charge in [-0.1, -0.05) is 54.6 Å². The number of halogens is 3. The summed E-state index contributed by atoms with van der Waals surface area (Å²) in [5.74, 6) is -1.23. The number of aliphatic carboxylic acids is 1. The Balaban J connectivity index is 1.37. The highest BCUT2D eigenvalue weighted by atomic mass is 19.4. The van der Waals surface area contributed by atoms with E-state index in [1.165, 1.54) is 36.4 Å². The molecule has 8 heteroatoms. The Morgan fingerprint density at radius 2 is 1.30 bits per heavy atom. The Morgan fingerprint density at radius 3 is 1.84 bits per heavy atom. The molecule has 0 saturated carbocycles. The summed E-state index contributed by atoms with van der Waals surface area (Å²) >= 11 is 0. The zero-order valence-electron chi connectivity index (χ0n) is 19.4. The van der Waals surface area contributed by atoms with E-state index in [1.807, 2.05) is 54.6 Å². The number of carboxylic acid groups (broad SMARTS) is 1. The van der Waals surface area contributed by atoms with Crippen molar-refractivity contribution in [1.82, 2.24) is 5.32 Å². The van der Waals surface area contributed by atoms with Crippen molar-refractivity contribution in [3.8, 4) is 22.6 Å². The minimum Gasteiger partial charge on any atom is -0.480 e. The van der Waals surface area contributed by atoms with Gasteiger partial charge in [0.05, 0.1) is 5.56 Å². The molecule has 188 valence electrons. The molecule has 37 heavy (non-hydrogen) atoms. The van der Waals surface area contributed by atoms with E-state index < -0.39 is 29.7 Å². The maximum Gasteiger partial charge on any atom is 0.416 e. The van der Waals surface area contributed by atoms with Gasteiger partial charge in [-0.25, -0.2) is 4.79 Å². The lowest BCUT2D eigenvalue weighted by atomic mass is 10.0. The summed E-state index contributed by atoms with van der Waals surface area (Å²) < 4.78 is 43.6. The minimum absolute atomic E-state index is 0.102. The van der Waals surface area contributed by atoms with Gasteiger partial charge in [0.15, 0.2) is 0 Å². The number of carbonyl (C=O) groups is 2. The van der Waals surface area contributed by atoms with Crippen molar-refractivity contribution in [2.75, 3.05) is 0 Å². The van der Waals surface area contributed by atoms with Crippen molar-refractivity contribution in [3.05, 3.63) is 120 Å². The van der Waals surface area contributed by atoms with E-state index in [0.29, 0.717) is 5.75 Å². The first-order valence-electron chi connectivity index (χ1n) is 11.3. The summed E-state index contributed by atoms with van der Waals surface area (Å²) in [6.45, 7) is 0. The largest absolute Gasteiger partial charge is 0.480 e. The van der Waals surface area contributed by atoms with Gasteiger partial charge in [-0.3, -0.25) is 4.79 Å². The number of alkyl halides is 3. The van der Waals surface area contributed by atoms with E-state index in [9.17, 15) is 27.9 Å². The SMILES string of the molecule is O=C(N[C@@H](Cc1ccc(-c2ccccc2)cc1)C(=O)O)c1ccc(Oc2ccc(C(F)(F)F)cc2)cc1. The average molecular weight is 505 g/mol. The maximum atomic E-state index is 12.7. The molecule has 4 aromatic rings. The summed E-state index contributed by atoms with van der Waals surface area (Å²) in [6.07, 6.45) is -4.34. The van der Waals surface area contributed by atoms with Gasteiger partial charge in [0.1, 0.15) is 17.5 Å². The molecule has 0 radical (unpaired) electrons. The minimum atomic E-state index is -4.44. The zero-order valence-corrected chi connectivity index (χ0v) is 19.4. The van der Waals surface area contributed by atoms with Gasteiger partial charge in [0.25, 0.3) is 5.91 Å². The second-order valence-electron chi connectivity index (χ2n) is 8.28. The van der Waals surface area contributed by atoms with Gasteiger partial charge in [0, 0.05) is 12.0 Å². The first-order valence-corrected chi connectivity index (χ1v) is 11.3. The topological polar surface area (TPSA) is 75.6 Å². The smallest absolute Gasteiger partial charge is 0.416 e. The molecular formula is C29H22F3NO4. The summed E-state index contributed by atoms with van der Waals surface area (Å²) in [5.41, 5.74) is 2.23. The van der Waals surface area contributed by atoms with Crippen LogP contribution in [0.4, 0.5) is 13.2 Å². The molecule has 1 amide bonds. The Kier molecular flexibility index (Phi) is 7.57. The normalized spacial score (nSPS) is 12.0. The molecule has 0 unspecified atom stereocenters. The van der Waals surface area contributed by atoms with Crippen LogP contribution in [0.25, 0.3) is 11.1 Å². The quantitative estimate of drug-likeness (QED) is 0.283. The molecule has 0 aliphatic heterocycles. The summed E-state index contributed by atoms with van der Waals surface area (Å²) in [5, 5.41) is 12.2. The van der Waals surface area contributed by atoms with Crippen LogP contribution < -0.4 is 10.1 Å². The molecule has 0 aromatic heterocycles. The van der Waals surface area contributed by atoms with Crippen LogP contribution in [-0.4, -0.2) is 23.0 Å². The summed E-state index contributed by atoms with van der Waals surface area (Å²) in [7, 11) is 0. The van der Waals surface area contributed by atoms with Crippen LogP contribution in [0.1, 0.15) is 21.5 Å². The van der Waals surface area contributed by atoms with Crippen LogP contribution in [-0.2, 0) is 17.4 Å². The Bertz CT molecular complexity index is 1350. The molecule has 0 fully saturated rings. The van der Waals surface area contributed by atoms with Gasteiger partial charge >= 0.3 is 12.1 Å². The predicted molar refractivity (Wildman–Crippen MR) is 132 cm³/mol. The average Bonchev–Trinajstić information content (AvgIpc) is 2.89. The van der Waals surface area contributed by atoms with Crippen LogP contribution in [0.2, 0.25) is 0 Å².